The Morgan fingerprint density at radius 3 is 2.18 bits per heavy atom. The molecule has 7 nitrogen and oxygen atoms in total. The molecule has 0 radical (unpaired) electrons. The minimum Gasteiger partial charge on any atom is -0.405 e. The molecule has 2 heterocycles. The molecule has 0 bridgehead atoms. The first-order valence-corrected chi connectivity index (χ1v) is 13.5. The second-order valence-corrected chi connectivity index (χ2v) is 14.1. The summed E-state index contributed by atoms with van der Waals surface area (Å²) in [7, 11) is -2.74. The van der Waals surface area contributed by atoms with Crippen LogP contribution >= 0.6 is 0 Å². The van der Waals surface area contributed by atoms with Crippen LogP contribution in [0.5, 0.6) is 0 Å². The average molecular weight is 480 g/mol. The van der Waals surface area contributed by atoms with Gasteiger partial charge in [-0.3, -0.25) is 4.57 Å². The summed E-state index contributed by atoms with van der Waals surface area (Å²) in [6, 6.07) is 22.4. The van der Waals surface area contributed by atoms with Crippen molar-refractivity contribution in [3.05, 3.63) is 83.4 Å². The molecule has 34 heavy (non-hydrogen) atoms. The van der Waals surface area contributed by atoms with E-state index in [2.05, 4.69) is 50.0 Å². The third kappa shape index (κ3) is 4.59. The van der Waals surface area contributed by atoms with Gasteiger partial charge in [-0.15, -0.1) is 0 Å². The number of hydrogen-bond donors (Lipinski definition) is 2. The Labute approximate surface area is 201 Å². The quantitative estimate of drug-likeness (QED) is 0.505. The van der Waals surface area contributed by atoms with Crippen LogP contribution in [0.4, 0.5) is 5.82 Å². The van der Waals surface area contributed by atoms with Gasteiger partial charge in [0, 0.05) is 25.1 Å². The largest absolute Gasteiger partial charge is 0.405 e. The number of benzene rings is 2. The Morgan fingerprint density at radius 2 is 1.68 bits per heavy atom. The van der Waals surface area contributed by atoms with Crippen molar-refractivity contribution in [1.29, 1.82) is 0 Å². The summed E-state index contributed by atoms with van der Waals surface area (Å²) in [4.78, 5) is 16.2. The lowest BCUT2D eigenvalue weighted by molar-refractivity contribution is -0.0332. The molecule has 2 aromatic carbocycles. The van der Waals surface area contributed by atoms with E-state index in [0.29, 0.717) is 13.0 Å². The Balaban J connectivity index is 1.67. The van der Waals surface area contributed by atoms with Gasteiger partial charge in [-0.2, -0.15) is 4.98 Å². The molecule has 1 aliphatic rings. The number of aliphatic hydroxyl groups excluding tert-OH is 1. The standard InChI is InChI=1S/C26H33N3O4Si/c1-26(2,3)34(20-10-6-4-7-11-20,21-12-8-5-9-13-21)32-18-22-19(17-30)16-24(33-22)29-15-14-23(27)28-25(29)31/h4-15,19,22,24,30H,16-18H2,1-3H3,(H2,27,28,31). The zero-order chi connectivity index (χ0) is 24.3. The number of anilines is 1. The topological polar surface area (TPSA) is 99.6 Å². The highest BCUT2D eigenvalue weighted by molar-refractivity contribution is 6.99. The maximum atomic E-state index is 12.4. The first kappa shape index (κ1) is 24.3. The smallest absolute Gasteiger partial charge is 0.351 e. The maximum Gasteiger partial charge on any atom is 0.351 e. The summed E-state index contributed by atoms with van der Waals surface area (Å²) in [6.45, 7) is 6.93. The molecule has 3 N–H and O–H groups in total. The van der Waals surface area contributed by atoms with Gasteiger partial charge in [0.05, 0.1) is 12.7 Å². The van der Waals surface area contributed by atoms with Crippen LogP contribution in [-0.4, -0.2) is 42.3 Å². The number of hydrogen-bond acceptors (Lipinski definition) is 6. The first-order chi connectivity index (χ1) is 16.3. The molecule has 0 spiro atoms. The van der Waals surface area contributed by atoms with Crippen LogP contribution in [0.25, 0.3) is 0 Å². The summed E-state index contributed by atoms with van der Waals surface area (Å²) in [6.07, 6.45) is 1.21. The van der Waals surface area contributed by atoms with E-state index in [1.54, 1.807) is 12.3 Å². The summed E-state index contributed by atoms with van der Waals surface area (Å²) in [5.41, 5.74) is 5.17. The van der Waals surface area contributed by atoms with Crippen LogP contribution in [0, 0.1) is 5.92 Å². The minimum absolute atomic E-state index is 0.0531. The fourth-order valence-corrected chi connectivity index (χ4v) is 9.51. The van der Waals surface area contributed by atoms with E-state index in [9.17, 15) is 9.90 Å². The van der Waals surface area contributed by atoms with Crippen LogP contribution in [0.3, 0.4) is 0 Å². The third-order valence-electron chi connectivity index (χ3n) is 6.64. The van der Waals surface area contributed by atoms with Crippen molar-refractivity contribution in [2.24, 2.45) is 5.92 Å². The van der Waals surface area contributed by atoms with Gasteiger partial charge in [0.1, 0.15) is 12.0 Å². The number of nitrogen functional groups attached to an aromatic ring is 1. The summed E-state index contributed by atoms with van der Waals surface area (Å²) >= 11 is 0. The van der Waals surface area contributed by atoms with Crippen molar-refractivity contribution >= 4 is 24.5 Å². The van der Waals surface area contributed by atoms with Crippen molar-refractivity contribution in [3.8, 4) is 0 Å². The molecule has 180 valence electrons. The van der Waals surface area contributed by atoms with Gasteiger partial charge in [-0.05, 0) is 21.5 Å². The van der Waals surface area contributed by atoms with E-state index < -0.39 is 20.2 Å². The highest BCUT2D eigenvalue weighted by atomic mass is 28.4. The van der Waals surface area contributed by atoms with Gasteiger partial charge in [0.25, 0.3) is 8.32 Å². The summed E-state index contributed by atoms with van der Waals surface area (Å²) in [5.74, 6) is 0.0113. The van der Waals surface area contributed by atoms with Gasteiger partial charge < -0.3 is 20.0 Å². The Bertz CT molecular complexity index is 1110. The van der Waals surface area contributed by atoms with Gasteiger partial charge in [-0.25, -0.2) is 4.79 Å². The lowest BCUT2D eigenvalue weighted by atomic mass is 10.0. The lowest BCUT2D eigenvalue weighted by Crippen LogP contribution is -2.67. The van der Waals surface area contributed by atoms with Gasteiger partial charge in [0.2, 0.25) is 0 Å². The van der Waals surface area contributed by atoms with Crippen molar-refractivity contribution in [1.82, 2.24) is 9.55 Å². The van der Waals surface area contributed by atoms with E-state index >= 15 is 0 Å². The average Bonchev–Trinajstić information content (AvgIpc) is 3.23. The number of nitrogens with zero attached hydrogens (tertiary/aromatic N) is 2. The molecule has 1 fully saturated rings. The zero-order valence-corrected chi connectivity index (χ0v) is 20.9. The predicted molar refractivity (Wildman–Crippen MR) is 136 cm³/mol. The molecule has 0 saturated carbocycles. The SMILES string of the molecule is CC(C)(C)[Si](OCC1OC(n2ccc(N)nc2=O)CC1CO)(c1ccccc1)c1ccccc1. The number of rotatable bonds is 7. The van der Waals surface area contributed by atoms with E-state index in [-0.39, 0.29) is 29.5 Å². The Kier molecular flexibility index (Phi) is 7.04. The van der Waals surface area contributed by atoms with E-state index in [1.165, 1.54) is 14.9 Å². The van der Waals surface area contributed by atoms with E-state index in [4.69, 9.17) is 14.9 Å². The van der Waals surface area contributed by atoms with Crippen molar-refractivity contribution in [2.45, 2.75) is 44.6 Å². The highest BCUT2D eigenvalue weighted by Gasteiger charge is 2.51. The van der Waals surface area contributed by atoms with Crippen LogP contribution in [0.1, 0.15) is 33.4 Å². The molecule has 8 heteroatoms. The fraction of sp³-hybridized carbons (Fsp3) is 0.385. The monoisotopic (exact) mass is 479 g/mol. The molecule has 1 aliphatic heterocycles. The van der Waals surface area contributed by atoms with Crippen LogP contribution in [0.2, 0.25) is 5.04 Å². The molecule has 0 amide bonds. The number of aromatic nitrogens is 2. The minimum atomic E-state index is -2.74. The third-order valence-corrected chi connectivity index (χ3v) is 11.6. The van der Waals surface area contributed by atoms with E-state index in [0.717, 1.165) is 0 Å². The number of nitrogens with two attached hydrogens (primary N) is 1. The second-order valence-electron chi connectivity index (χ2n) is 9.82. The first-order valence-electron chi connectivity index (χ1n) is 11.6. The Hall–Kier alpha value is -2.78. The highest BCUT2D eigenvalue weighted by Crippen LogP contribution is 2.39. The van der Waals surface area contributed by atoms with Gasteiger partial charge in [0.15, 0.2) is 0 Å². The van der Waals surface area contributed by atoms with Crippen LogP contribution in [-0.2, 0) is 9.16 Å². The van der Waals surface area contributed by atoms with Crippen LogP contribution < -0.4 is 21.8 Å². The molecular formula is C26H33N3O4Si. The fourth-order valence-electron chi connectivity index (χ4n) is 4.94. The summed E-state index contributed by atoms with van der Waals surface area (Å²) in [5, 5.41) is 12.3. The normalized spacial score (nSPS) is 21.0. The predicted octanol–water partition coefficient (Wildman–Crippen LogP) is 2.30. The van der Waals surface area contributed by atoms with Crippen molar-refractivity contribution in [3.63, 3.8) is 0 Å². The van der Waals surface area contributed by atoms with Gasteiger partial charge >= 0.3 is 5.69 Å². The number of aliphatic hydroxyl groups is 1. The van der Waals surface area contributed by atoms with Crippen molar-refractivity contribution in [2.75, 3.05) is 18.9 Å². The molecule has 4 rings (SSSR count). The molecule has 3 aromatic rings. The maximum absolute atomic E-state index is 12.4. The molecule has 1 saturated heterocycles. The molecular weight excluding hydrogens is 446 g/mol. The van der Waals surface area contributed by atoms with Crippen molar-refractivity contribution < 1.29 is 14.3 Å². The van der Waals surface area contributed by atoms with Gasteiger partial charge in [-0.1, -0.05) is 81.4 Å². The Morgan fingerprint density at radius 1 is 1.09 bits per heavy atom. The number of ether oxygens (including phenoxy) is 1. The second kappa shape index (κ2) is 9.83. The zero-order valence-electron chi connectivity index (χ0n) is 19.9. The van der Waals surface area contributed by atoms with Crippen LogP contribution in [0.15, 0.2) is 77.7 Å². The molecule has 0 aliphatic carbocycles. The lowest BCUT2D eigenvalue weighted by Gasteiger charge is -2.43. The molecule has 3 unspecified atom stereocenters. The van der Waals surface area contributed by atoms with E-state index in [1.807, 2.05) is 36.4 Å². The molecule has 1 aromatic heterocycles. The summed E-state index contributed by atoms with van der Waals surface area (Å²) < 4.78 is 14.7. The molecule has 3 atom stereocenters.